The largest absolute Gasteiger partial charge is 0.264 e. The number of rotatable bonds is 5. The highest BCUT2D eigenvalue weighted by molar-refractivity contribution is 6.25. The van der Waals surface area contributed by atoms with Crippen molar-refractivity contribution in [3.63, 3.8) is 0 Å². The van der Waals surface area contributed by atoms with E-state index in [2.05, 4.69) is 219 Å². The Kier molecular flexibility index (Phi) is 7.92. The zero-order valence-electron chi connectivity index (χ0n) is 32.8. The van der Waals surface area contributed by atoms with Gasteiger partial charge in [0.25, 0.3) is 0 Å². The molecule has 12 rings (SSSR count). The van der Waals surface area contributed by atoms with Crippen molar-refractivity contribution in [2.75, 3.05) is 0 Å². The molecule has 60 heavy (non-hydrogen) atoms. The fourth-order valence-corrected chi connectivity index (χ4v) is 9.82. The van der Waals surface area contributed by atoms with E-state index in [1.54, 1.807) is 0 Å². The van der Waals surface area contributed by atoms with Crippen LogP contribution in [-0.2, 0) is 0 Å². The zero-order chi connectivity index (χ0) is 39.6. The molecule has 0 saturated heterocycles. The van der Waals surface area contributed by atoms with Crippen LogP contribution >= 0.6 is 0 Å². The van der Waals surface area contributed by atoms with Gasteiger partial charge in [-0.15, -0.1) is 0 Å². The first kappa shape index (κ1) is 34.2. The van der Waals surface area contributed by atoms with Crippen LogP contribution in [0, 0.1) is 0 Å². The number of pyridine rings is 1. The van der Waals surface area contributed by atoms with Crippen LogP contribution in [0.1, 0.15) is 0 Å². The molecular formula is C59H37N. The second-order valence-corrected chi connectivity index (χ2v) is 15.8. The quantitative estimate of drug-likeness (QED) is 0.159. The highest BCUT2D eigenvalue weighted by Gasteiger charge is 2.20. The van der Waals surface area contributed by atoms with Crippen LogP contribution in [0.5, 0.6) is 0 Å². The lowest BCUT2D eigenvalue weighted by atomic mass is 9.83. The lowest BCUT2D eigenvalue weighted by Crippen LogP contribution is -1.93. The first-order valence-electron chi connectivity index (χ1n) is 20.7. The SMILES string of the molecule is c1ccc(-c2c3ccccc3c(-c3ccc(-c4ccc5c(-c6ccc7ccccc7c6)c6cnccc6c(-c6cccc7ccccc67)c5c4)cc3)c3ccccc23)cc1. The summed E-state index contributed by atoms with van der Waals surface area (Å²) in [6, 6.07) is 78.0. The monoisotopic (exact) mass is 759 g/mol. The minimum absolute atomic E-state index is 1.15. The Bertz CT molecular complexity index is 3580. The first-order chi connectivity index (χ1) is 29.8. The third kappa shape index (κ3) is 5.44. The summed E-state index contributed by atoms with van der Waals surface area (Å²) in [6.07, 6.45) is 4.00. The molecule has 0 saturated carbocycles. The van der Waals surface area contributed by atoms with Crippen LogP contribution in [-0.4, -0.2) is 4.98 Å². The summed E-state index contributed by atoms with van der Waals surface area (Å²) in [7, 11) is 0. The summed E-state index contributed by atoms with van der Waals surface area (Å²) in [5, 5.41) is 14.8. The third-order valence-corrected chi connectivity index (χ3v) is 12.5. The van der Waals surface area contributed by atoms with Crippen LogP contribution in [0.15, 0.2) is 225 Å². The van der Waals surface area contributed by atoms with Gasteiger partial charge in [-0.25, -0.2) is 0 Å². The summed E-state index contributed by atoms with van der Waals surface area (Å²) in [5.74, 6) is 0. The van der Waals surface area contributed by atoms with Gasteiger partial charge in [-0.05, 0) is 133 Å². The van der Waals surface area contributed by atoms with Crippen molar-refractivity contribution in [3.8, 4) is 55.6 Å². The number of benzene rings is 11. The van der Waals surface area contributed by atoms with E-state index in [9.17, 15) is 0 Å². The van der Waals surface area contributed by atoms with Crippen LogP contribution in [0.25, 0.3) is 120 Å². The lowest BCUT2D eigenvalue weighted by molar-refractivity contribution is 1.37. The molecule has 0 amide bonds. The van der Waals surface area contributed by atoms with E-state index in [1.165, 1.54) is 115 Å². The molecule has 0 aliphatic heterocycles. The molecular weight excluding hydrogens is 723 g/mol. The fourth-order valence-electron chi connectivity index (χ4n) is 9.82. The van der Waals surface area contributed by atoms with Gasteiger partial charge >= 0.3 is 0 Å². The van der Waals surface area contributed by atoms with E-state index in [4.69, 9.17) is 4.98 Å². The van der Waals surface area contributed by atoms with Gasteiger partial charge in [0.15, 0.2) is 0 Å². The van der Waals surface area contributed by atoms with Crippen LogP contribution < -0.4 is 0 Å². The van der Waals surface area contributed by atoms with Gasteiger partial charge in [0.05, 0.1) is 0 Å². The van der Waals surface area contributed by atoms with Crippen LogP contribution in [0.3, 0.4) is 0 Å². The van der Waals surface area contributed by atoms with E-state index >= 15 is 0 Å². The van der Waals surface area contributed by atoms with Gasteiger partial charge in [0.1, 0.15) is 0 Å². The molecule has 0 atom stereocenters. The van der Waals surface area contributed by atoms with E-state index in [-0.39, 0.29) is 0 Å². The summed E-state index contributed by atoms with van der Waals surface area (Å²) in [6.45, 7) is 0. The smallest absolute Gasteiger partial charge is 0.0353 e. The highest BCUT2D eigenvalue weighted by Crippen LogP contribution is 2.47. The van der Waals surface area contributed by atoms with E-state index in [1.807, 2.05) is 6.20 Å². The van der Waals surface area contributed by atoms with Gasteiger partial charge in [0.2, 0.25) is 0 Å². The van der Waals surface area contributed by atoms with Crippen molar-refractivity contribution >= 4 is 64.6 Å². The van der Waals surface area contributed by atoms with Crippen molar-refractivity contribution in [1.82, 2.24) is 4.98 Å². The number of hydrogen-bond donors (Lipinski definition) is 0. The maximum absolute atomic E-state index is 4.72. The molecule has 1 nitrogen and oxygen atoms in total. The molecule has 1 aromatic heterocycles. The summed E-state index contributed by atoms with van der Waals surface area (Å²) in [4.78, 5) is 4.72. The molecule has 0 aliphatic rings. The predicted octanol–water partition coefficient (Wildman–Crippen LogP) is 16.3. The predicted molar refractivity (Wildman–Crippen MR) is 256 cm³/mol. The minimum atomic E-state index is 1.15. The first-order valence-corrected chi connectivity index (χ1v) is 20.7. The zero-order valence-corrected chi connectivity index (χ0v) is 32.8. The van der Waals surface area contributed by atoms with E-state index < -0.39 is 0 Å². The molecule has 0 N–H and O–H groups in total. The number of hydrogen-bond acceptors (Lipinski definition) is 1. The fraction of sp³-hybridized carbons (Fsp3) is 0. The topological polar surface area (TPSA) is 12.9 Å². The van der Waals surface area contributed by atoms with E-state index in [0.29, 0.717) is 0 Å². The maximum Gasteiger partial charge on any atom is 0.0353 e. The number of nitrogens with zero attached hydrogens (tertiary/aromatic N) is 1. The molecule has 11 aromatic carbocycles. The summed E-state index contributed by atoms with van der Waals surface area (Å²) >= 11 is 0. The summed E-state index contributed by atoms with van der Waals surface area (Å²) in [5.41, 5.74) is 12.2. The molecule has 278 valence electrons. The Hall–Kier alpha value is -7.87. The second kappa shape index (κ2) is 13.9. The molecule has 1 heteroatoms. The maximum atomic E-state index is 4.72. The van der Waals surface area contributed by atoms with E-state index in [0.717, 1.165) is 5.39 Å². The number of aromatic nitrogens is 1. The van der Waals surface area contributed by atoms with Crippen molar-refractivity contribution in [1.29, 1.82) is 0 Å². The molecule has 0 radical (unpaired) electrons. The molecule has 0 bridgehead atoms. The van der Waals surface area contributed by atoms with Gasteiger partial charge < -0.3 is 0 Å². The Morgan fingerprint density at radius 3 is 1.45 bits per heavy atom. The van der Waals surface area contributed by atoms with Crippen molar-refractivity contribution in [3.05, 3.63) is 225 Å². The Labute approximate surface area is 348 Å². The summed E-state index contributed by atoms with van der Waals surface area (Å²) < 4.78 is 0. The number of fused-ring (bicyclic) bond motifs is 6. The Morgan fingerprint density at radius 1 is 0.233 bits per heavy atom. The molecule has 0 fully saturated rings. The Balaban J connectivity index is 1.08. The molecule has 1 heterocycles. The minimum Gasteiger partial charge on any atom is -0.264 e. The molecule has 0 unspecified atom stereocenters. The lowest BCUT2D eigenvalue weighted by Gasteiger charge is -2.20. The van der Waals surface area contributed by atoms with Crippen LogP contribution in [0.4, 0.5) is 0 Å². The van der Waals surface area contributed by atoms with Gasteiger partial charge in [-0.2, -0.15) is 0 Å². The third-order valence-electron chi connectivity index (χ3n) is 12.5. The van der Waals surface area contributed by atoms with Crippen molar-refractivity contribution in [2.45, 2.75) is 0 Å². The average Bonchev–Trinajstić information content (AvgIpc) is 3.32. The van der Waals surface area contributed by atoms with Crippen molar-refractivity contribution in [2.24, 2.45) is 0 Å². The standard InChI is InChI=1S/C59H37N/c1-2-15-41(16-3-1)56-48-20-8-10-22-50(48)57(51-23-11-9-21-49(51)56)42-28-25-39(26-29-42)44-31-32-52-54(36-44)59(47-24-12-18-40-14-6-7-19-46(40)47)53-33-34-60-37-55(53)58(52)45-30-27-38-13-4-5-17-43(38)35-45/h1-37H. The van der Waals surface area contributed by atoms with Gasteiger partial charge in [0, 0.05) is 17.8 Å². The van der Waals surface area contributed by atoms with Crippen LogP contribution in [0.2, 0.25) is 0 Å². The molecule has 12 aromatic rings. The van der Waals surface area contributed by atoms with Gasteiger partial charge in [-0.3, -0.25) is 4.98 Å². The highest BCUT2D eigenvalue weighted by atomic mass is 14.6. The normalized spacial score (nSPS) is 11.7. The average molecular weight is 760 g/mol. The molecule has 0 aliphatic carbocycles. The second-order valence-electron chi connectivity index (χ2n) is 15.8. The Morgan fingerprint density at radius 2 is 0.733 bits per heavy atom. The van der Waals surface area contributed by atoms with Gasteiger partial charge in [-0.1, -0.05) is 194 Å². The molecule has 0 spiro atoms. The van der Waals surface area contributed by atoms with Crippen molar-refractivity contribution < 1.29 is 0 Å².